The number of allylic oxidation sites excluding steroid dienone is 2. The first-order valence-corrected chi connectivity index (χ1v) is 3.23. The van der Waals surface area contributed by atoms with Gasteiger partial charge >= 0.3 is 0 Å². The van der Waals surface area contributed by atoms with Crippen LogP contribution in [0.1, 0.15) is 13.3 Å². The van der Waals surface area contributed by atoms with Gasteiger partial charge in [0.1, 0.15) is 0 Å². The molecule has 0 aromatic carbocycles. The SMILES string of the molecule is C=C/C(C)=C/CC1CO1. The van der Waals surface area contributed by atoms with E-state index < -0.39 is 0 Å². The molecule has 0 aromatic heterocycles. The van der Waals surface area contributed by atoms with E-state index in [9.17, 15) is 0 Å². The third kappa shape index (κ3) is 2.47. The van der Waals surface area contributed by atoms with Gasteiger partial charge in [0.2, 0.25) is 0 Å². The minimum absolute atomic E-state index is 0.514. The van der Waals surface area contributed by atoms with Gasteiger partial charge in [0.15, 0.2) is 0 Å². The van der Waals surface area contributed by atoms with E-state index in [0.29, 0.717) is 6.10 Å². The molecule has 1 atom stereocenters. The summed E-state index contributed by atoms with van der Waals surface area (Å²) >= 11 is 0. The normalized spacial score (nSPS) is 25.9. The molecule has 0 N–H and O–H groups in total. The van der Waals surface area contributed by atoms with E-state index in [1.807, 2.05) is 6.08 Å². The van der Waals surface area contributed by atoms with Crippen molar-refractivity contribution in [2.24, 2.45) is 0 Å². The minimum Gasteiger partial charge on any atom is -0.373 e. The Morgan fingerprint density at radius 3 is 3.00 bits per heavy atom. The Balaban J connectivity index is 2.19. The third-order valence-corrected chi connectivity index (χ3v) is 1.43. The Kier molecular flexibility index (Phi) is 2.06. The predicted octanol–water partition coefficient (Wildman–Crippen LogP) is 1.91. The van der Waals surface area contributed by atoms with E-state index in [0.717, 1.165) is 13.0 Å². The van der Waals surface area contributed by atoms with Crippen LogP contribution in [0, 0.1) is 0 Å². The molecule has 1 heteroatoms. The van der Waals surface area contributed by atoms with Crippen molar-refractivity contribution >= 4 is 0 Å². The highest BCUT2D eigenvalue weighted by Gasteiger charge is 2.19. The monoisotopic (exact) mass is 124 g/mol. The molecule has 0 amide bonds. The first kappa shape index (κ1) is 6.56. The lowest BCUT2D eigenvalue weighted by atomic mass is 10.2. The number of hydrogen-bond donors (Lipinski definition) is 0. The molecule has 1 aliphatic heterocycles. The highest BCUT2D eigenvalue weighted by molar-refractivity contribution is 5.13. The van der Waals surface area contributed by atoms with Crippen molar-refractivity contribution in [1.29, 1.82) is 0 Å². The van der Waals surface area contributed by atoms with Gasteiger partial charge in [-0.05, 0) is 13.3 Å². The largest absolute Gasteiger partial charge is 0.373 e. The fourth-order valence-electron chi connectivity index (χ4n) is 0.605. The molecule has 1 heterocycles. The summed E-state index contributed by atoms with van der Waals surface area (Å²) in [6, 6.07) is 0. The summed E-state index contributed by atoms with van der Waals surface area (Å²) in [5, 5.41) is 0. The fourth-order valence-corrected chi connectivity index (χ4v) is 0.605. The number of rotatable bonds is 3. The number of ether oxygens (including phenoxy) is 1. The zero-order chi connectivity index (χ0) is 6.69. The Morgan fingerprint density at radius 2 is 2.56 bits per heavy atom. The summed E-state index contributed by atoms with van der Waals surface area (Å²) < 4.78 is 5.02. The minimum atomic E-state index is 0.514. The summed E-state index contributed by atoms with van der Waals surface area (Å²) in [6.45, 7) is 6.65. The molecule has 0 aromatic rings. The molecule has 0 saturated carbocycles. The van der Waals surface area contributed by atoms with Crippen molar-refractivity contribution in [1.82, 2.24) is 0 Å². The van der Waals surface area contributed by atoms with Crippen molar-refractivity contribution < 1.29 is 4.74 Å². The highest BCUT2D eigenvalue weighted by atomic mass is 16.6. The molecule has 1 saturated heterocycles. The van der Waals surface area contributed by atoms with Crippen LogP contribution in [0.4, 0.5) is 0 Å². The summed E-state index contributed by atoms with van der Waals surface area (Å²) in [6.07, 6.45) is 5.59. The molecule has 0 spiro atoms. The van der Waals surface area contributed by atoms with Crippen molar-refractivity contribution in [2.45, 2.75) is 19.4 Å². The van der Waals surface area contributed by atoms with E-state index in [1.54, 1.807) is 0 Å². The number of epoxide rings is 1. The van der Waals surface area contributed by atoms with Crippen molar-refractivity contribution in [3.63, 3.8) is 0 Å². The van der Waals surface area contributed by atoms with Crippen LogP contribution in [0.5, 0.6) is 0 Å². The lowest BCUT2D eigenvalue weighted by Crippen LogP contribution is -1.79. The van der Waals surface area contributed by atoms with Crippen molar-refractivity contribution in [3.8, 4) is 0 Å². The fraction of sp³-hybridized carbons (Fsp3) is 0.500. The molecule has 1 nitrogen and oxygen atoms in total. The van der Waals surface area contributed by atoms with E-state index in [1.165, 1.54) is 5.57 Å². The molecule has 1 unspecified atom stereocenters. The maximum absolute atomic E-state index is 5.02. The second kappa shape index (κ2) is 2.83. The average molecular weight is 124 g/mol. The second-order valence-corrected chi connectivity index (χ2v) is 2.34. The van der Waals surface area contributed by atoms with Gasteiger partial charge in [-0.25, -0.2) is 0 Å². The lowest BCUT2D eigenvalue weighted by molar-refractivity contribution is 0.410. The lowest BCUT2D eigenvalue weighted by Gasteiger charge is -1.87. The molecule has 1 rings (SSSR count). The summed E-state index contributed by atoms with van der Waals surface area (Å²) in [5.74, 6) is 0. The average Bonchev–Trinajstić information content (AvgIpc) is 2.65. The van der Waals surface area contributed by atoms with Crippen LogP contribution in [0.25, 0.3) is 0 Å². The van der Waals surface area contributed by atoms with Crippen LogP contribution in [0.3, 0.4) is 0 Å². The van der Waals surface area contributed by atoms with Crippen LogP contribution in [-0.2, 0) is 4.74 Å². The van der Waals surface area contributed by atoms with Gasteiger partial charge in [0, 0.05) is 0 Å². The van der Waals surface area contributed by atoms with Gasteiger partial charge in [-0.3, -0.25) is 0 Å². The molecule has 1 aliphatic rings. The summed E-state index contributed by atoms with van der Waals surface area (Å²) in [7, 11) is 0. The van der Waals surface area contributed by atoms with E-state index >= 15 is 0 Å². The Morgan fingerprint density at radius 1 is 1.89 bits per heavy atom. The quantitative estimate of drug-likeness (QED) is 0.413. The van der Waals surface area contributed by atoms with Crippen LogP contribution < -0.4 is 0 Å². The Labute approximate surface area is 56.0 Å². The highest BCUT2D eigenvalue weighted by Crippen LogP contribution is 2.14. The zero-order valence-corrected chi connectivity index (χ0v) is 5.76. The maximum Gasteiger partial charge on any atom is 0.0844 e. The van der Waals surface area contributed by atoms with Gasteiger partial charge in [0.05, 0.1) is 12.7 Å². The van der Waals surface area contributed by atoms with Crippen molar-refractivity contribution in [2.75, 3.05) is 6.61 Å². The smallest absolute Gasteiger partial charge is 0.0844 e. The maximum atomic E-state index is 5.02. The molecule has 50 valence electrons. The van der Waals surface area contributed by atoms with Crippen LogP contribution in [-0.4, -0.2) is 12.7 Å². The van der Waals surface area contributed by atoms with Gasteiger partial charge in [0.25, 0.3) is 0 Å². The van der Waals surface area contributed by atoms with Crippen LogP contribution >= 0.6 is 0 Å². The molecule has 9 heavy (non-hydrogen) atoms. The molecule has 0 aliphatic carbocycles. The first-order valence-electron chi connectivity index (χ1n) is 3.23. The third-order valence-electron chi connectivity index (χ3n) is 1.43. The topological polar surface area (TPSA) is 12.5 Å². The number of hydrogen-bond acceptors (Lipinski definition) is 1. The standard InChI is InChI=1S/C8H12O/c1-3-7(2)4-5-8-6-9-8/h3-4,8H,1,5-6H2,2H3/b7-4+. The molecular weight excluding hydrogens is 112 g/mol. The molecule has 0 radical (unpaired) electrons. The van der Waals surface area contributed by atoms with Crippen LogP contribution in [0.15, 0.2) is 24.3 Å². The van der Waals surface area contributed by atoms with Crippen molar-refractivity contribution in [3.05, 3.63) is 24.3 Å². The zero-order valence-electron chi connectivity index (χ0n) is 5.76. The van der Waals surface area contributed by atoms with E-state index in [-0.39, 0.29) is 0 Å². The predicted molar refractivity (Wildman–Crippen MR) is 38.3 cm³/mol. The Bertz CT molecular complexity index is 132. The Hall–Kier alpha value is -0.560. The van der Waals surface area contributed by atoms with Gasteiger partial charge in [-0.1, -0.05) is 24.3 Å². The summed E-state index contributed by atoms with van der Waals surface area (Å²) in [4.78, 5) is 0. The van der Waals surface area contributed by atoms with Crippen LogP contribution in [0.2, 0.25) is 0 Å². The molecule has 0 bridgehead atoms. The van der Waals surface area contributed by atoms with E-state index in [4.69, 9.17) is 4.74 Å². The van der Waals surface area contributed by atoms with Gasteiger partial charge in [-0.15, -0.1) is 0 Å². The molecule has 1 fully saturated rings. The second-order valence-electron chi connectivity index (χ2n) is 2.34. The summed E-state index contributed by atoms with van der Waals surface area (Å²) in [5.41, 5.74) is 1.24. The van der Waals surface area contributed by atoms with E-state index in [2.05, 4.69) is 19.6 Å². The van der Waals surface area contributed by atoms with Gasteiger partial charge < -0.3 is 4.74 Å². The first-order chi connectivity index (χ1) is 4.33. The molecular formula is C8H12O. The van der Waals surface area contributed by atoms with Gasteiger partial charge in [-0.2, -0.15) is 0 Å².